The van der Waals surface area contributed by atoms with Crippen LogP contribution in [0.25, 0.3) is 11.3 Å². The van der Waals surface area contributed by atoms with Crippen molar-refractivity contribution < 1.29 is 23.4 Å². The maximum absolute atomic E-state index is 14.5. The van der Waals surface area contributed by atoms with Gasteiger partial charge in [0.25, 0.3) is 5.91 Å². The molecule has 35 heavy (non-hydrogen) atoms. The SMILES string of the molecule is COc1c(F)cccc1Nc1c2[nH]c3c1C(=O)NCC3C/C(C)=C\C(OC)COc1cnccc1-2. The lowest BCUT2D eigenvalue weighted by molar-refractivity contribution is 0.0908. The van der Waals surface area contributed by atoms with E-state index in [0.717, 1.165) is 23.3 Å². The minimum absolute atomic E-state index is 0.0193. The maximum Gasteiger partial charge on any atom is 0.255 e. The molecule has 0 spiro atoms. The number of hydrogen-bond donors (Lipinski definition) is 3. The Kier molecular flexibility index (Phi) is 6.17. The topological polar surface area (TPSA) is 97.5 Å². The van der Waals surface area contributed by atoms with Crippen LogP contribution in [0.5, 0.6) is 11.5 Å². The summed E-state index contributed by atoms with van der Waals surface area (Å²) in [5, 5.41) is 6.29. The van der Waals surface area contributed by atoms with Gasteiger partial charge in [0.2, 0.25) is 0 Å². The number of pyridine rings is 1. The molecule has 0 saturated carbocycles. The third kappa shape index (κ3) is 4.23. The molecule has 3 aromatic rings. The van der Waals surface area contributed by atoms with Gasteiger partial charge in [-0.1, -0.05) is 17.7 Å². The van der Waals surface area contributed by atoms with E-state index in [1.165, 1.54) is 13.2 Å². The van der Waals surface area contributed by atoms with E-state index in [4.69, 9.17) is 14.2 Å². The number of carbonyl (C=O) groups is 1. The lowest BCUT2D eigenvalue weighted by Crippen LogP contribution is -2.35. The summed E-state index contributed by atoms with van der Waals surface area (Å²) in [5.41, 5.74) is 4.71. The lowest BCUT2D eigenvalue weighted by atomic mass is 9.90. The van der Waals surface area contributed by atoms with Gasteiger partial charge in [-0.15, -0.1) is 0 Å². The summed E-state index contributed by atoms with van der Waals surface area (Å²) in [6.45, 7) is 2.84. The summed E-state index contributed by atoms with van der Waals surface area (Å²) in [6.07, 6.45) is 5.83. The molecule has 2 unspecified atom stereocenters. The van der Waals surface area contributed by atoms with Crippen LogP contribution in [-0.4, -0.2) is 49.4 Å². The van der Waals surface area contributed by atoms with Gasteiger partial charge in [-0.2, -0.15) is 0 Å². The second kappa shape index (κ2) is 9.42. The van der Waals surface area contributed by atoms with E-state index in [9.17, 15) is 9.18 Å². The molecule has 1 amide bonds. The van der Waals surface area contributed by atoms with E-state index >= 15 is 0 Å². The molecule has 1 aromatic carbocycles. The maximum atomic E-state index is 14.5. The number of aromatic nitrogens is 2. The van der Waals surface area contributed by atoms with Gasteiger partial charge in [0.1, 0.15) is 18.5 Å². The van der Waals surface area contributed by atoms with Gasteiger partial charge in [0.05, 0.1) is 35.9 Å². The predicted octanol–water partition coefficient (Wildman–Crippen LogP) is 4.54. The van der Waals surface area contributed by atoms with E-state index in [-0.39, 0.29) is 23.7 Å². The van der Waals surface area contributed by atoms with Crippen LogP contribution in [0.4, 0.5) is 15.8 Å². The molecular formula is C26H27FN4O4. The Balaban J connectivity index is 1.73. The molecule has 182 valence electrons. The number of fused-ring (bicyclic) bond motifs is 3. The molecule has 0 fully saturated rings. The van der Waals surface area contributed by atoms with Crippen molar-refractivity contribution in [1.29, 1.82) is 0 Å². The van der Waals surface area contributed by atoms with Crippen molar-refractivity contribution in [2.24, 2.45) is 0 Å². The number of ether oxygens (including phenoxy) is 3. The number of amides is 1. The standard InChI is InChI=1S/C26H27FN4O4/c1-14-9-15-11-29-26(32)21-22(15)31-23(24(21)30-19-6-4-5-18(27)25(19)34-3)17-7-8-28-12-20(17)35-13-16(10-14)33-2/h4-8,10,12,15-16,30-31H,9,11,13H2,1-3H3,(H,29,32)/b14-10-. The van der Waals surface area contributed by atoms with Gasteiger partial charge in [-0.05, 0) is 31.5 Å². The molecule has 2 aliphatic rings. The van der Waals surface area contributed by atoms with E-state index in [0.29, 0.717) is 41.5 Å². The Morgan fingerprint density at radius 2 is 2.11 bits per heavy atom. The molecule has 2 bridgehead atoms. The van der Waals surface area contributed by atoms with Crippen LogP contribution in [0.1, 0.15) is 35.3 Å². The fourth-order valence-electron chi connectivity index (χ4n) is 4.75. The highest BCUT2D eigenvalue weighted by atomic mass is 19.1. The first-order chi connectivity index (χ1) is 17.0. The third-order valence-electron chi connectivity index (χ3n) is 6.40. The summed E-state index contributed by atoms with van der Waals surface area (Å²) >= 11 is 0. The molecule has 0 aliphatic carbocycles. The molecular weight excluding hydrogens is 451 g/mol. The summed E-state index contributed by atoms with van der Waals surface area (Å²) in [7, 11) is 3.06. The minimum Gasteiger partial charge on any atom is -0.492 e. The first-order valence-corrected chi connectivity index (χ1v) is 11.4. The van der Waals surface area contributed by atoms with Crippen LogP contribution in [-0.2, 0) is 4.74 Å². The fraction of sp³-hybridized carbons (Fsp3) is 0.308. The van der Waals surface area contributed by atoms with Gasteiger partial charge in [0, 0.05) is 37.0 Å². The Bertz CT molecular complexity index is 1300. The zero-order chi connectivity index (χ0) is 24.5. The second-order valence-electron chi connectivity index (χ2n) is 8.69. The number of aromatic amines is 1. The van der Waals surface area contributed by atoms with Crippen LogP contribution in [0.15, 0.2) is 48.3 Å². The Labute approximate surface area is 202 Å². The number of rotatable bonds is 4. The highest BCUT2D eigenvalue weighted by Gasteiger charge is 2.34. The fourth-order valence-corrected chi connectivity index (χ4v) is 4.75. The number of H-pyrrole nitrogens is 1. The number of benzene rings is 1. The van der Waals surface area contributed by atoms with Crippen molar-refractivity contribution in [3.63, 3.8) is 0 Å². The zero-order valence-electron chi connectivity index (χ0n) is 19.8. The van der Waals surface area contributed by atoms with E-state index in [1.54, 1.807) is 31.6 Å². The molecule has 5 rings (SSSR count). The summed E-state index contributed by atoms with van der Waals surface area (Å²) in [5.74, 6) is -0.0980. The molecule has 9 heteroatoms. The molecule has 2 aliphatic heterocycles. The number of halogens is 1. The van der Waals surface area contributed by atoms with E-state index in [1.807, 2.05) is 19.1 Å². The number of methoxy groups -OCH3 is 2. The predicted molar refractivity (Wildman–Crippen MR) is 130 cm³/mol. The average Bonchev–Trinajstić information content (AvgIpc) is 3.23. The van der Waals surface area contributed by atoms with Gasteiger partial charge in [-0.25, -0.2) is 4.39 Å². The normalized spacial score (nSPS) is 20.8. The number of para-hydroxylation sites is 1. The van der Waals surface area contributed by atoms with Crippen molar-refractivity contribution in [3.8, 4) is 22.8 Å². The number of allylic oxidation sites excluding steroid dienone is 1. The van der Waals surface area contributed by atoms with Gasteiger partial charge < -0.3 is 29.8 Å². The highest BCUT2D eigenvalue weighted by Crippen LogP contribution is 2.44. The zero-order valence-corrected chi connectivity index (χ0v) is 19.8. The molecule has 8 nitrogen and oxygen atoms in total. The van der Waals surface area contributed by atoms with Gasteiger partial charge in [-0.3, -0.25) is 9.78 Å². The van der Waals surface area contributed by atoms with Gasteiger partial charge in [0.15, 0.2) is 11.6 Å². The summed E-state index contributed by atoms with van der Waals surface area (Å²) < 4.78 is 31.5. The van der Waals surface area contributed by atoms with E-state index in [2.05, 4.69) is 20.6 Å². The van der Waals surface area contributed by atoms with Crippen molar-refractivity contribution >= 4 is 17.3 Å². The Morgan fingerprint density at radius 3 is 2.91 bits per heavy atom. The molecule has 0 radical (unpaired) electrons. The first-order valence-electron chi connectivity index (χ1n) is 11.4. The van der Waals surface area contributed by atoms with Gasteiger partial charge >= 0.3 is 0 Å². The largest absolute Gasteiger partial charge is 0.492 e. The first kappa shape index (κ1) is 22.9. The number of anilines is 2. The van der Waals surface area contributed by atoms with Crippen LogP contribution in [0.2, 0.25) is 0 Å². The number of carbonyl (C=O) groups excluding carboxylic acids is 1. The number of nitrogens with one attached hydrogen (secondary N) is 3. The minimum atomic E-state index is -0.504. The van der Waals surface area contributed by atoms with Crippen LogP contribution in [0, 0.1) is 5.82 Å². The average molecular weight is 479 g/mol. The molecule has 4 heterocycles. The highest BCUT2D eigenvalue weighted by molar-refractivity contribution is 6.07. The van der Waals surface area contributed by atoms with Crippen molar-refractivity contribution in [1.82, 2.24) is 15.3 Å². The summed E-state index contributed by atoms with van der Waals surface area (Å²) in [6, 6.07) is 6.44. The third-order valence-corrected chi connectivity index (χ3v) is 6.40. The molecule has 2 atom stereocenters. The Morgan fingerprint density at radius 1 is 1.26 bits per heavy atom. The molecule has 3 N–H and O–H groups in total. The molecule has 2 aromatic heterocycles. The number of nitrogens with zero attached hydrogens (tertiary/aromatic N) is 1. The second-order valence-corrected chi connectivity index (χ2v) is 8.69. The smallest absolute Gasteiger partial charge is 0.255 e. The van der Waals surface area contributed by atoms with Crippen molar-refractivity contribution in [3.05, 3.63) is 65.4 Å². The van der Waals surface area contributed by atoms with Crippen LogP contribution in [0.3, 0.4) is 0 Å². The Hall–Kier alpha value is -3.85. The monoisotopic (exact) mass is 478 g/mol. The van der Waals surface area contributed by atoms with Crippen LogP contribution < -0.4 is 20.1 Å². The van der Waals surface area contributed by atoms with Crippen LogP contribution >= 0.6 is 0 Å². The summed E-state index contributed by atoms with van der Waals surface area (Å²) in [4.78, 5) is 20.9. The van der Waals surface area contributed by atoms with Crippen molar-refractivity contribution in [2.45, 2.75) is 25.4 Å². The number of hydrogen-bond acceptors (Lipinski definition) is 6. The van der Waals surface area contributed by atoms with E-state index < -0.39 is 5.82 Å². The lowest BCUT2D eigenvalue weighted by Gasteiger charge is -2.24. The molecule has 0 saturated heterocycles. The van der Waals surface area contributed by atoms with Crippen molar-refractivity contribution in [2.75, 3.05) is 32.7 Å². The quantitative estimate of drug-likeness (QED) is 0.477.